The van der Waals surface area contributed by atoms with Gasteiger partial charge in [-0.15, -0.1) is 0 Å². The van der Waals surface area contributed by atoms with Gasteiger partial charge in [0.15, 0.2) is 0 Å². The van der Waals surface area contributed by atoms with E-state index >= 15 is 0 Å². The van der Waals surface area contributed by atoms with E-state index in [2.05, 4.69) is 15.5 Å². The molecule has 0 unspecified atom stereocenters. The van der Waals surface area contributed by atoms with Gasteiger partial charge < -0.3 is 19.3 Å². The van der Waals surface area contributed by atoms with Gasteiger partial charge in [0.25, 0.3) is 5.82 Å². The van der Waals surface area contributed by atoms with Crippen molar-refractivity contribution >= 4 is 12.1 Å². The lowest BCUT2D eigenvalue weighted by molar-refractivity contribution is 0.0487. The maximum atomic E-state index is 12.2. The second-order valence-electron chi connectivity index (χ2n) is 6.57. The predicted octanol–water partition coefficient (Wildman–Crippen LogP) is 3.05. The highest BCUT2D eigenvalue weighted by Gasteiger charge is 2.26. The molecule has 2 aromatic rings. The average Bonchev–Trinajstić information content (AvgIpc) is 3.04. The van der Waals surface area contributed by atoms with E-state index in [1.165, 1.54) is 0 Å². The molecule has 0 saturated carbocycles. The number of alkyl carbamates (subject to hydrolysis) is 1. The highest BCUT2D eigenvalue weighted by Crippen LogP contribution is 2.18. The summed E-state index contributed by atoms with van der Waals surface area (Å²) in [5, 5.41) is 6.34. The first-order valence-corrected chi connectivity index (χ1v) is 8.32. The molecule has 1 atom stereocenters. The van der Waals surface area contributed by atoms with Crippen molar-refractivity contribution in [3.05, 3.63) is 47.6 Å². The van der Waals surface area contributed by atoms with Gasteiger partial charge in [-0.25, -0.2) is 9.59 Å². The van der Waals surface area contributed by atoms with E-state index in [1.807, 2.05) is 30.3 Å². The lowest BCUT2D eigenvalue weighted by Gasteiger charge is -2.22. The molecule has 0 aliphatic carbocycles. The molecule has 0 spiro atoms. The number of amides is 1. The number of aromatic nitrogens is 2. The van der Waals surface area contributed by atoms with E-state index in [9.17, 15) is 9.59 Å². The summed E-state index contributed by atoms with van der Waals surface area (Å²) in [6.07, 6.45) is -0.223. The number of rotatable bonds is 6. The predicted molar refractivity (Wildman–Crippen MR) is 92.5 cm³/mol. The molecule has 8 nitrogen and oxygen atoms in total. The highest BCUT2D eigenvalue weighted by atomic mass is 16.6. The van der Waals surface area contributed by atoms with E-state index in [0.717, 1.165) is 5.56 Å². The van der Waals surface area contributed by atoms with Crippen molar-refractivity contribution in [3.63, 3.8) is 0 Å². The molecule has 0 fully saturated rings. The van der Waals surface area contributed by atoms with Gasteiger partial charge in [0.05, 0.1) is 6.61 Å². The summed E-state index contributed by atoms with van der Waals surface area (Å²) < 4.78 is 15.3. The molecular weight excluding hydrogens is 338 g/mol. The zero-order chi connectivity index (χ0) is 19.2. The Labute approximate surface area is 151 Å². The van der Waals surface area contributed by atoms with Crippen LogP contribution in [0.15, 0.2) is 34.9 Å². The number of hydrogen-bond donors (Lipinski definition) is 1. The average molecular weight is 361 g/mol. The fourth-order valence-electron chi connectivity index (χ4n) is 2.15. The van der Waals surface area contributed by atoms with Crippen LogP contribution in [-0.2, 0) is 15.9 Å². The molecule has 26 heavy (non-hydrogen) atoms. The molecule has 8 heteroatoms. The maximum absolute atomic E-state index is 12.2. The molecule has 1 heterocycles. The molecular formula is C18H23N3O5. The molecule has 1 amide bonds. The molecule has 2 rings (SSSR count). The summed E-state index contributed by atoms with van der Waals surface area (Å²) in [7, 11) is 0. The maximum Gasteiger partial charge on any atom is 0.408 e. The van der Waals surface area contributed by atoms with Crippen molar-refractivity contribution < 1.29 is 23.6 Å². The summed E-state index contributed by atoms with van der Waals surface area (Å²) >= 11 is 0. The van der Waals surface area contributed by atoms with Crippen molar-refractivity contribution in [2.45, 2.75) is 45.8 Å². The molecule has 1 aromatic carbocycles. The van der Waals surface area contributed by atoms with Gasteiger partial charge in [0.2, 0.25) is 5.89 Å². The quantitative estimate of drug-likeness (QED) is 0.789. The Hall–Kier alpha value is -2.90. The van der Waals surface area contributed by atoms with Crippen LogP contribution in [0.25, 0.3) is 0 Å². The SMILES string of the molecule is CCOC(=O)c1noc([C@@H](Cc2ccccc2)NC(=O)OC(C)(C)C)n1. The minimum Gasteiger partial charge on any atom is -0.460 e. The van der Waals surface area contributed by atoms with Crippen molar-refractivity contribution in [1.29, 1.82) is 0 Å². The van der Waals surface area contributed by atoms with Gasteiger partial charge >= 0.3 is 12.1 Å². The fraction of sp³-hybridized carbons (Fsp3) is 0.444. The third-order valence-corrected chi connectivity index (χ3v) is 3.17. The smallest absolute Gasteiger partial charge is 0.408 e. The van der Waals surface area contributed by atoms with Crippen LogP contribution in [0.4, 0.5) is 4.79 Å². The van der Waals surface area contributed by atoms with Gasteiger partial charge in [0, 0.05) is 6.42 Å². The van der Waals surface area contributed by atoms with Crippen LogP contribution in [0, 0.1) is 0 Å². The lowest BCUT2D eigenvalue weighted by Crippen LogP contribution is -2.36. The molecule has 0 bridgehead atoms. The first kappa shape index (κ1) is 19.4. The Morgan fingerprint density at radius 1 is 1.23 bits per heavy atom. The third-order valence-electron chi connectivity index (χ3n) is 3.17. The minimum atomic E-state index is -0.682. The second kappa shape index (κ2) is 8.46. The van der Waals surface area contributed by atoms with Gasteiger partial charge in [0.1, 0.15) is 11.6 Å². The summed E-state index contributed by atoms with van der Waals surface area (Å²) in [4.78, 5) is 27.9. The molecule has 0 aliphatic heterocycles. The summed E-state index contributed by atoms with van der Waals surface area (Å²) in [5.41, 5.74) is 0.302. The second-order valence-corrected chi connectivity index (χ2v) is 6.57. The van der Waals surface area contributed by atoms with Crippen LogP contribution >= 0.6 is 0 Å². The topological polar surface area (TPSA) is 104 Å². The number of carbonyl (C=O) groups is 2. The monoisotopic (exact) mass is 361 g/mol. The summed E-state index contributed by atoms with van der Waals surface area (Å²) in [6.45, 7) is 7.19. The molecule has 1 N–H and O–H groups in total. The van der Waals surface area contributed by atoms with E-state index in [4.69, 9.17) is 14.0 Å². The number of esters is 1. The summed E-state index contributed by atoms with van der Waals surface area (Å²) in [5.74, 6) is -0.771. The molecule has 0 saturated heterocycles. The Morgan fingerprint density at radius 3 is 2.54 bits per heavy atom. The number of nitrogens with one attached hydrogen (secondary N) is 1. The number of carbonyl (C=O) groups excluding carboxylic acids is 2. The normalized spacial score (nSPS) is 12.3. The van der Waals surface area contributed by atoms with Crippen molar-refractivity contribution in [3.8, 4) is 0 Å². The Kier molecular flexibility index (Phi) is 6.32. The minimum absolute atomic E-state index is 0.0998. The zero-order valence-electron chi connectivity index (χ0n) is 15.3. The third kappa shape index (κ3) is 5.87. The Bertz CT molecular complexity index is 737. The van der Waals surface area contributed by atoms with Crippen LogP contribution in [0.1, 0.15) is 55.8 Å². The number of nitrogens with zero attached hydrogens (tertiary/aromatic N) is 2. The Morgan fingerprint density at radius 2 is 1.92 bits per heavy atom. The van der Waals surface area contributed by atoms with E-state index in [0.29, 0.717) is 6.42 Å². The molecule has 0 radical (unpaired) electrons. The van der Waals surface area contributed by atoms with Gasteiger partial charge in [-0.2, -0.15) is 4.98 Å². The molecule has 140 valence electrons. The Balaban J connectivity index is 2.20. The first-order chi connectivity index (χ1) is 12.3. The first-order valence-electron chi connectivity index (χ1n) is 8.32. The van der Waals surface area contributed by atoms with Gasteiger partial charge in [-0.1, -0.05) is 30.3 Å². The standard InChI is InChI=1S/C18H23N3O5/c1-5-24-16(22)14-20-15(26-21-14)13(11-12-9-7-6-8-10-12)19-17(23)25-18(2,3)4/h6-10,13H,5,11H2,1-4H3,(H,19,23)/t13-/m1/s1. The van der Waals surface area contributed by atoms with Crippen LogP contribution in [0.2, 0.25) is 0 Å². The van der Waals surface area contributed by atoms with Crippen molar-refractivity contribution in [1.82, 2.24) is 15.5 Å². The van der Waals surface area contributed by atoms with Crippen molar-refractivity contribution in [2.24, 2.45) is 0 Å². The van der Waals surface area contributed by atoms with Gasteiger partial charge in [-0.3, -0.25) is 0 Å². The van der Waals surface area contributed by atoms with Gasteiger partial charge in [-0.05, 0) is 38.4 Å². The van der Waals surface area contributed by atoms with E-state index in [-0.39, 0.29) is 18.3 Å². The zero-order valence-corrected chi connectivity index (χ0v) is 15.3. The highest BCUT2D eigenvalue weighted by molar-refractivity contribution is 5.84. The molecule has 1 aromatic heterocycles. The summed E-state index contributed by atoms with van der Waals surface area (Å²) in [6, 6.07) is 8.84. The number of hydrogen-bond acceptors (Lipinski definition) is 7. The van der Waals surface area contributed by atoms with E-state index in [1.54, 1.807) is 27.7 Å². The fourth-order valence-corrected chi connectivity index (χ4v) is 2.15. The van der Waals surface area contributed by atoms with E-state index < -0.39 is 23.7 Å². The molecule has 0 aliphatic rings. The number of ether oxygens (including phenoxy) is 2. The van der Waals surface area contributed by atoms with Crippen molar-refractivity contribution in [2.75, 3.05) is 6.61 Å². The van der Waals surface area contributed by atoms with Crippen LogP contribution in [-0.4, -0.2) is 34.4 Å². The lowest BCUT2D eigenvalue weighted by atomic mass is 10.1. The largest absolute Gasteiger partial charge is 0.460 e. The van der Waals surface area contributed by atoms with Crippen LogP contribution < -0.4 is 5.32 Å². The van der Waals surface area contributed by atoms with Crippen LogP contribution in [0.3, 0.4) is 0 Å². The van der Waals surface area contributed by atoms with Crippen LogP contribution in [0.5, 0.6) is 0 Å². The number of benzene rings is 1.